The van der Waals surface area contributed by atoms with Crippen LogP contribution in [0.25, 0.3) is 0 Å². The second-order valence-corrected chi connectivity index (χ2v) is 6.07. The molecule has 22 heavy (non-hydrogen) atoms. The van der Waals surface area contributed by atoms with Crippen LogP contribution in [0, 0.1) is 0 Å². The normalized spacial score (nSPS) is 11.5. The summed E-state index contributed by atoms with van der Waals surface area (Å²) in [6, 6.07) is 0. The lowest BCUT2D eigenvalue weighted by molar-refractivity contribution is -0.118. The van der Waals surface area contributed by atoms with E-state index in [0.717, 1.165) is 19.4 Å². The van der Waals surface area contributed by atoms with Gasteiger partial charge in [-0.1, -0.05) is 69.8 Å². The SMILES string of the molecule is CCCCC/C=C\C/C=C\CCCCCCCCNC(C)=O. The van der Waals surface area contributed by atoms with E-state index in [2.05, 4.69) is 36.5 Å². The molecule has 0 radical (unpaired) electrons. The Morgan fingerprint density at radius 3 is 1.91 bits per heavy atom. The van der Waals surface area contributed by atoms with Gasteiger partial charge < -0.3 is 5.32 Å². The maximum atomic E-state index is 10.7. The molecule has 0 saturated carbocycles. The van der Waals surface area contributed by atoms with E-state index in [0.29, 0.717) is 0 Å². The predicted octanol–water partition coefficient (Wildman–Crippen LogP) is 5.94. The van der Waals surface area contributed by atoms with E-state index < -0.39 is 0 Å². The minimum atomic E-state index is 0.0857. The van der Waals surface area contributed by atoms with Crippen molar-refractivity contribution in [2.24, 2.45) is 0 Å². The lowest BCUT2D eigenvalue weighted by atomic mass is 10.1. The third-order valence-electron chi connectivity index (χ3n) is 3.75. The first kappa shape index (κ1) is 20.9. The van der Waals surface area contributed by atoms with Crippen molar-refractivity contribution >= 4 is 5.91 Å². The molecule has 0 rings (SSSR count). The third-order valence-corrected chi connectivity index (χ3v) is 3.75. The van der Waals surface area contributed by atoms with E-state index in [9.17, 15) is 4.79 Å². The summed E-state index contributed by atoms with van der Waals surface area (Å²) in [6.07, 6.45) is 24.4. The van der Waals surface area contributed by atoms with Crippen molar-refractivity contribution in [1.82, 2.24) is 5.32 Å². The molecule has 1 amide bonds. The average Bonchev–Trinajstić information content (AvgIpc) is 2.50. The van der Waals surface area contributed by atoms with Crippen molar-refractivity contribution in [2.75, 3.05) is 6.54 Å². The van der Waals surface area contributed by atoms with Gasteiger partial charge in [-0.3, -0.25) is 4.79 Å². The van der Waals surface area contributed by atoms with E-state index in [4.69, 9.17) is 0 Å². The van der Waals surface area contributed by atoms with Crippen molar-refractivity contribution in [3.8, 4) is 0 Å². The number of nitrogens with one attached hydrogen (secondary N) is 1. The van der Waals surface area contributed by atoms with Crippen LogP contribution in [-0.2, 0) is 4.79 Å². The molecular formula is C20H37NO. The Hall–Kier alpha value is -1.05. The standard InChI is InChI=1S/C20H37NO/c1-3-4-5-6-7-8-9-10-11-12-13-14-15-16-17-18-19-21-20(2)22/h7-8,10-11H,3-6,9,12-19H2,1-2H3,(H,21,22)/b8-7-,11-10-. The van der Waals surface area contributed by atoms with E-state index >= 15 is 0 Å². The van der Waals surface area contributed by atoms with Gasteiger partial charge in [0, 0.05) is 13.5 Å². The summed E-state index contributed by atoms with van der Waals surface area (Å²) in [5, 5.41) is 2.84. The molecule has 0 atom stereocenters. The van der Waals surface area contributed by atoms with Gasteiger partial charge in [0.25, 0.3) is 0 Å². The number of carbonyl (C=O) groups is 1. The summed E-state index contributed by atoms with van der Waals surface area (Å²) >= 11 is 0. The highest BCUT2D eigenvalue weighted by atomic mass is 16.1. The van der Waals surface area contributed by atoms with Crippen molar-refractivity contribution in [3.63, 3.8) is 0 Å². The molecule has 0 fully saturated rings. The van der Waals surface area contributed by atoms with Crippen LogP contribution < -0.4 is 5.32 Å². The molecule has 128 valence electrons. The van der Waals surface area contributed by atoms with Gasteiger partial charge in [-0.15, -0.1) is 0 Å². The molecule has 0 aliphatic heterocycles. The number of hydrogen-bond acceptors (Lipinski definition) is 1. The second kappa shape index (κ2) is 18.0. The summed E-state index contributed by atoms with van der Waals surface area (Å²) in [5.41, 5.74) is 0. The van der Waals surface area contributed by atoms with Gasteiger partial charge in [0.05, 0.1) is 0 Å². The zero-order valence-corrected chi connectivity index (χ0v) is 14.9. The Kier molecular flexibility index (Phi) is 17.1. The van der Waals surface area contributed by atoms with Crippen molar-refractivity contribution in [1.29, 1.82) is 0 Å². The fourth-order valence-electron chi connectivity index (χ4n) is 2.38. The monoisotopic (exact) mass is 307 g/mol. The number of carbonyl (C=O) groups excluding carboxylic acids is 1. The fourth-order valence-corrected chi connectivity index (χ4v) is 2.38. The number of amides is 1. The van der Waals surface area contributed by atoms with Crippen molar-refractivity contribution < 1.29 is 4.79 Å². The van der Waals surface area contributed by atoms with Crippen LogP contribution in [-0.4, -0.2) is 12.5 Å². The van der Waals surface area contributed by atoms with Gasteiger partial charge in [0.1, 0.15) is 0 Å². The van der Waals surface area contributed by atoms with Crippen LogP contribution in [0.2, 0.25) is 0 Å². The van der Waals surface area contributed by atoms with Gasteiger partial charge >= 0.3 is 0 Å². The molecule has 0 aliphatic carbocycles. The van der Waals surface area contributed by atoms with E-state index in [1.807, 2.05) is 0 Å². The van der Waals surface area contributed by atoms with Crippen LogP contribution in [0.15, 0.2) is 24.3 Å². The molecule has 0 aromatic carbocycles. The first-order chi connectivity index (χ1) is 10.8. The summed E-state index contributed by atoms with van der Waals surface area (Å²) in [4.78, 5) is 10.7. The molecule has 0 saturated heterocycles. The predicted molar refractivity (Wildman–Crippen MR) is 98.0 cm³/mol. The van der Waals surface area contributed by atoms with E-state index in [1.54, 1.807) is 6.92 Å². The molecule has 2 heteroatoms. The number of hydrogen-bond donors (Lipinski definition) is 1. The van der Waals surface area contributed by atoms with Gasteiger partial charge in [-0.25, -0.2) is 0 Å². The summed E-state index contributed by atoms with van der Waals surface area (Å²) in [6.45, 7) is 4.66. The third kappa shape index (κ3) is 18.9. The van der Waals surface area contributed by atoms with Crippen LogP contribution in [0.4, 0.5) is 0 Å². The van der Waals surface area contributed by atoms with Gasteiger partial charge in [-0.05, 0) is 38.5 Å². The Morgan fingerprint density at radius 2 is 1.32 bits per heavy atom. The molecule has 2 nitrogen and oxygen atoms in total. The molecule has 1 N–H and O–H groups in total. The Morgan fingerprint density at radius 1 is 0.773 bits per heavy atom. The molecule has 0 aromatic heterocycles. The molecular weight excluding hydrogens is 270 g/mol. The van der Waals surface area contributed by atoms with Crippen molar-refractivity contribution in [3.05, 3.63) is 24.3 Å². The van der Waals surface area contributed by atoms with Crippen LogP contribution in [0.5, 0.6) is 0 Å². The smallest absolute Gasteiger partial charge is 0.216 e. The molecule has 0 aromatic rings. The number of rotatable bonds is 15. The van der Waals surface area contributed by atoms with Crippen molar-refractivity contribution in [2.45, 2.75) is 90.9 Å². The summed E-state index contributed by atoms with van der Waals surface area (Å²) in [5.74, 6) is 0.0857. The molecule has 0 bridgehead atoms. The zero-order chi connectivity index (χ0) is 16.3. The second-order valence-electron chi connectivity index (χ2n) is 6.07. The maximum absolute atomic E-state index is 10.7. The zero-order valence-electron chi connectivity index (χ0n) is 14.9. The Labute approximate surface area is 138 Å². The first-order valence-corrected chi connectivity index (χ1v) is 9.31. The quantitative estimate of drug-likeness (QED) is 0.294. The van der Waals surface area contributed by atoms with Gasteiger partial charge in [0.2, 0.25) is 5.91 Å². The summed E-state index contributed by atoms with van der Waals surface area (Å²) < 4.78 is 0. The Bertz CT molecular complexity index is 294. The first-order valence-electron chi connectivity index (χ1n) is 9.31. The molecule has 0 unspecified atom stereocenters. The average molecular weight is 308 g/mol. The Balaban J connectivity index is 3.15. The summed E-state index contributed by atoms with van der Waals surface area (Å²) in [7, 11) is 0. The highest BCUT2D eigenvalue weighted by Crippen LogP contribution is 2.07. The number of allylic oxidation sites excluding steroid dienone is 4. The molecule has 0 heterocycles. The topological polar surface area (TPSA) is 29.1 Å². The molecule has 0 spiro atoms. The maximum Gasteiger partial charge on any atom is 0.216 e. The lowest BCUT2D eigenvalue weighted by Gasteiger charge is -2.02. The largest absolute Gasteiger partial charge is 0.356 e. The highest BCUT2D eigenvalue weighted by molar-refractivity contribution is 5.72. The highest BCUT2D eigenvalue weighted by Gasteiger charge is 1.92. The van der Waals surface area contributed by atoms with Gasteiger partial charge in [0.15, 0.2) is 0 Å². The molecule has 0 aliphatic rings. The lowest BCUT2D eigenvalue weighted by Crippen LogP contribution is -2.20. The van der Waals surface area contributed by atoms with Crippen LogP contribution in [0.3, 0.4) is 0 Å². The van der Waals surface area contributed by atoms with E-state index in [-0.39, 0.29) is 5.91 Å². The number of unbranched alkanes of at least 4 members (excludes halogenated alkanes) is 9. The van der Waals surface area contributed by atoms with Gasteiger partial charge in [-0.2, -0.15) is 0 Å². The minimum Gasteiger partial charge on any atom is -0.356 e. The van der Waals surface area contributed by atoms with Crippen LogP contribution in [0.1, 0.15) is 90.9 Å². The fraction of sp³-hybridized carbons (Fsp3) is 0.750. The van der Waals surface area contributed by atoms with E-state index in [1.165, 1.54) is 64.2 Å². The van der Waals surface area contributed by atoms with Crippen LogP contribution >= 0.6 is 0 Å². The minimum absolute atomic E-state index is 0.0857.